The molecule has 2 aromatic rings. The van der Waals surface area contributed by atoms with Gasteiger partial charge in [-0.05, 0) is 42.8 Å². The third-order valence-electron chi connectivity index (χ3n) is 2.94. The van der Waals surface area contributed by atoms with E-state index in [9.17, 15) is 8.78 Å². The van der Waals surface area contributed by atoms with Crippen LogP contribution in [0.5, 0.6) is 0 Å². The normalized spacial score (nSPS) is 12.7. The summed E-state index contributed by atoms with van der Waals surface area (Å²) in [6.45, 7) is 2.63. The summed E-state index contributed by atoms with van der Waals surface area (Å²) < 4.78 is 28.1. The summed E-state index contributed by atoms with van der Waals surface area (Å²) in [5.74, 6) is -0.877. The summed E-state index contributed by atoms with van der Waals surface area (Å²) in [4.78, 5) is 0. The van der Waals surface area contributed by atoms with Crippen molar-refractivity contribution >= 4 is 34.5 Å². The van der Waals surface area contributed by atoms with E-state index < -0.39 is 11.6 Å². The van der Waals surface area contributed by atoms with Crippen molar-refractivity contribution in [1.29, 1.82) is 0 Å². The molecule has 0 aliphatic heterocycles. The minimum Gasteiger partial charge on any atom is -0.310 e. The molecule has 0 amide bonds. The van der Waals surface area contributed by atoms with Gasteiger partial charge in [0.05, 0.1) is 8.67 Å². The van der Waals surface area contributed by atoms with E-state index in [-0.39, 0.29) is 6.04 Å². The van der Waals surface area contributed by atoms with Crippen molar-refractivity contribution in [3.8, 4) is 0 Å². The number of likely N-dealkylation sites (N-methyl/N-ethyl adjacent to an activating group) is 1. The molecule has 0 saturated carbocycles. The molecule has 0 saturated heterocycles. The molecule has 1 nitrogen and oxygen atoms in total. The number of thiophene rings is 1. The van der Waals surface area contributed by atoms with Crippen molar-refractivity contribution in [2.24, 2.45) is 0 Å². The lowest BCUT2D eigenvalue weighted by Crippen LogP contribution is -2.23. The zero-order valence-corrected chi connectivity index (χ0v) is 13.0. The molecule has 6 heteroatoms. The molecule has 20 heavy (non-hydrogen) atoms. The molecule has 1 atom stereocenters. The number of halogens is 4. The average molecular weight is 336 g/mol. The fraction of sp³-hybridized carbons (Fsp3) is 0.286. The van der Waals surface area contributed by atoms with Gasteiger partial charge in [-0.2, -0.15) is 0 Å². The molecule has 1 heterocycles. The fourth-order valence-electron chi connectivity index (χ4n) is 2.05. The van der Waals surface area contributed by atoms with E-state index in [0.29, 0.717) is 27.2 Å². The van der Waals surface area contributed by atoms with Crippen LogP contribution in [-0.4, -0.2) is 6.54 Å². The van der Waals surface area contributed by atoms with Crippen LogP contribution in [0.4, 0.5) is 8.78 Å². The second kappa shape index (κ2) is 6.85. The van der Waals surface area contributed by atoms with Gasteiger partial charge in [0.15, 0.2) is 0 Å². The molecular weight excluding hydrogens is 323 g/mol. The number of rotatable bonds is 5. The van der Waals surface area contributed by atoms with Crippen LogP contribution < -0.4 is 5.32 Å². The topological polar surface area (TPSA) is 12.0 Å². The second-order valence-corrected chi connectivity index (χ2v) is 6.62. The molecule has 0 aliphatic rings. The summed E-state index contributed by atoms with van der Waals surface area (Å²) in [7, 11) is 0. The molecule has 0 aliphatic carbocycles. The SMILES string of the molecule is CCNC(Cc1cc(F)ccc1F)c1cc(Cl)sc1Cl. The first-order valence-electron chi connectivity index (χ1n) is 6.13. The van der Waals surface area contributed by atoms with Gasteiger partial charge in [0.2, 0.25) is 0 Å². The largest absolute Gasteiger partial charge is 0.310 e. The number of hydrogen-bond acceptors (Lipinski definition) is 2. The van der Waals surface area contributed by atoms with E-state index >= 15 is 0 Å². The lowest BCUT2D eigenvalue weighted by molar-refractivity contribution is 0.523. The zero-order chi connectivity index (χ0) is 14.7. The minimum absolute atomic E-state index is 0.201. The molecule has 108 valence electrons. The van der Waals surface area contributed by atoms with Crippen LogP contribution in [0.15, 0.2) is 24.3 Å². The van der Waals surface area contributed by atoms with Crippen LogP contribution in [0.2, 0.25) is 8.67 Å². The van der Waals surface area contributed by atoms with Crippen molar-refractivity contribution in [3.63, 3.8) is 0 Å². The summed E-state index contributed by atoms with van der Waals surface area (Å²) in [5, 5.41) is 3.22. The highest BCUT2D eigenvalue weighted by atomic mass is 35.5. The monoisotopic (exact) mass is 335 g/mol. The first kappa shape index (κ1) is 15.7. The number of benzene rings is 1. The van der Waals surface area contributed by atoms with Crippen LogP contribution >= 0.6 is 34.5 Å². The van der Waals surface area contributed by atoms with Gasteiger partial charge in [-0.1, -0.05) is 30.1 Å². The molecule has 1 aromatic heterocycles. The van der Waals surface area contributed by atoms with Gasteiger partial charge in [-0.15, -0.1) is 11.3 Å². The number of hydrogen-bond donors (Lipinski definition) is 1. The predicted octanol–water partition coefficient (Wildman–Crippen LogP) is 5.23. The van der Waals surface area contributed by atoms with E-state index in [2.05, 4.69) is 5.32 Å². The van der Waals surface area contributed by atoms with Gasteiger partial charge in [0, 0.05) is 11.6 Å². The van der Waals surface area contributed by atoms with E-state index in [4.69, 9.17) is 23.2 Å². The van der Waals surface area contributed by atoms with Crippen LogP contribution in [0.1, 0.15) is 24.1 Å². The zero-order valence-electron chi connectivity index (χ0n) is 10.7. The maximum atomic E-state index is 13.7. The van der Waals surface area contributed by atoms with Gasteiger partial charge in [0.1, 0.15) is 11.6 Å². The third kappa shape index (κ3) is 3.70. The van der Waals surface area contributed by atoms with Crippen molar-refractivity contribution < 1.29 is 8.78 Å². The Bertz CT molecular complexity index is 601. The Morgan fingerprint density at radius 3 is 2.60 bits per heavy atom. The Balaban J connectivity index is 2.30. The summed E-state index contributed by atoms with van der Waals surface area (Å²) in [5.41, 5.74) is 1.13. The van der Waals surface area contributed by atoms with Crippen molar-refractivity contribution in [1.82, 2.24) is 5.32 Å². The molecule has 1 N–H and O–H groups in total. The summed E-state index contributed by atoms with van der Waals surface area (Å²) >= 11 is 13.3. The first-order valence-corrected chi connectivity index (χ1v) is 7.70. The van der Waals surface area contributed by atoms with Gasteiger partial charge in [-0.3, -0.25) is 0 Å². The summed E-state index contributed by atoms with van der Waals surface area (Å²) in [6, 6.07) is 5.01. The quantitative estimate of drug-likeness (QED) is 0.789. The molecule has 1 unspecified atom stereocenters. The Morgan fingerprint density at radius 1 is 1.25 bits per heavy atom. The standard InChI is InChI=1S/C14H13Cl2F2NS/c1-2-19-12(10-7-13(15)20-14(10)16)6-8-5-9(17)3-4-11(8)18/h3-5,7,12,19H,2,6H2,1H3. The van der Waals surface area contributed by atoms with Gasteiger partial charge in [0.25, 0.3) is 0 Å². The van der Waals surface area contributed by atoms with Crippen molar-refractivity contribution in [2.75, 3.05) is 6.54 Å². The highest BCUT2D eigenvalue weighted by molar-refractivity contribution is 7.20. The maximum Gasteiger partial charge on any atom is 0.126 e. The van der Waals surface area contributed by atoms with Gasteiger partial charge in [-0.25, -0.2) is 8.78 Å². The van der Waals surface area contributed by atoms with Crippen LogP contribution in [0.25, 0.3) is 0 Å². The first-order chi connectivity index (χ1) is 9.51. The highest BCUT2D eigenvalue weighted by Crippen LogP contribution is 2.36. The average Bonchev–Trinajstić information content (AvgIpc) is 2.72. The maximum absolute atomic E-state index is 13.7. The Labute approximate surface area is 130 Å². The summed E-state index contributed by atoms with van der Waals surface area (Å²) in [6.07, 6.45) is 0.310. The number of nitrogens with one attached hydrogen (secondary N) is 1. The third-order valence-corrected chi connectivity index (χ3v) is 4.46. The van der Waals surface area contributed by atoms with Crippen molar-refractivity contribution in [2.45, 2.75) is 19.4 Å². The lowest BCUT2D eigenvalue weighted by atomic mass is 10.0. The second-order valence-electron chi connectivity index (χ2n) is 4.33. The van der Waals surface area contributed by atoms with Crippen LogP contribution in [0.3, 0.4) is 0 Å². The van der Waals surface area contributed by atoms with E-state index in [1.165, 1.54) is 17.4 Å². The highest BCUT2D eigenvalue weighted by Gasteiger charge is 2.19. The Morgan fingerprint density at radius 2 is 2.00 bits per heavy atom. The van der Waals surface area contributed by atoms with E-state index in [1.54, 1.807) is 6.07 Å². The predicted molar refractivity (Wildman–Crippen MR) is 80.8 cm³/mol. The van der Waals surface area contributed by atoms with E-state index in [1.807, 2.05) is 6.92 Å². The molecular formula is C14H13Cl2F2NS. The molecule has 0 radical (unpaired) electrons. The molecule has 1 aromatic carbocycles. The molecule has 2 rings (SSSR count). The van der Waals surface area contributed by atoms with Crippen LogP contribution in [0, 0.1) is 11.6 Å². The Kier molecular flexibility index (Phi) is 5.38. The minimum atomic E-state index is -0.453. The van der Waals surface area contributed by atoms with E-state index in [0.717, 1.165) is 17.7 Å². The lowest BCUT2D eigenvalue weighted by Gasteiger charge is -2.18. The molecule has 0 fully saturated rings. The Hall–Kier alpha value is -0.680. The van der Waals surface area contributed by atoms with Crippen molar-refractivity contribution in [3.05, 3.63) is 55.7 Å². The molecule has 0 bridgehead atoms. The fourth-order valence-corrected chi connectivity index (χ4v) is 3.63. The van der Waals surface area contributed by atoms with Gasteiger partial charge >= 0.3 is 0 Å². The van der Waals surface area contributed by atoms with Crippen LogP contribution in [-0.2, 0) is 6.42 Å². The molecule has 0 spiro atoms. The van der Waals surface area contributed by atoms with Gasteiger partial charge < -0.3 is 5.32 Å². The smallest absolute Gasteiger partial charge is 0.126 e.